The first-order valence-electron chi connectivity index (χ1n) is 41.0. The molecular weight excluding hydrogens is 1280 g/mol. The molecule has 3 N–H and O–H groups in total. The van der Waals surface area contributed by atoms with E-state index in [9.17, 15) is 43.2 Å². The van der Waals surface area contributed by atoms with E-state index in [2.05, 4.69) is 41.5 Å². The van der Waals surface area contributed by atoms with Crippen LogP contribution in [0, 0.1) is 11.8 Å². The number of aliphatic hydroxyl groups excluding tert-OH is 1. The molecule has 0 heterocycles. The minimum Gasteiger partial charge on any atom is -0.462 e. The normalized spacial score (nSPS) is 14.2. The second-order valence-corrected chi connectivity index (χ2v) is 32.1. The third kappa shape index (κ3) is 71.1. The first-order chi connectivity index (χ1) is 47.4. The van der Waals surface area contributed by atoms with Gasteiger partial charge in [0.25, 0.3) is 0 Å². The first-order valence-corrected chi connectivity index (χ1v) is 44.0. The summed E-state index contributed by atoms with van der Waals surface area (Å²) in [5.41, 5.74) is 0. The zero-order chi connectivity index (χ0) is 72.1. The Kier molecular flexibility index (Phi) is 69.3. The number of phosphoric acid groups is 2. The molecule has 0 aromatic rings. The van der Waals surface area contributed by atoms with Crippen LogP contribution >= 0.6 is 15.6 Å². The second kappa shape index (κ2) is 70.7. The molecule has 0 aromatic heterocycles. The van der Waals surface area contributed by atoms with Gasteiger partial charge in [0.15, 0.2) is 12.2 Å². The van der Waals surface area contributed by atoms with Crippen LogP contribution in [0.3, 0.4) is 0 Å². The van der Waals surface area contributed by atoms with Crippen LogP contribution in [-0.2, 0) is 65.4 Å². The summed E-state index contributed by atoms with van der Waals surface area (Å²) in [6, 6.07) is 0. The molecule has 0 aromatic carbocycles. The van der Waals surface area contributed by atoms with E-state index in [-0.39, 0.29) is 25.7 Å². The molecule has 582 valence electrons. The molecule has 19 heteroatoms. The van der Waals surface area contributed by atoms with Crippen molar-refractivity contribution in [3.8, 4) is 0 Å². The molecule has 6 atom stereocenters. The maximum atomic E-state index is 13.1. The van der Waals surface area contributed by atoms with E-state index < -0.39 is 97.5 Å². The molecule has 0 aliphatic carbocycles. The Balaban J connectivity index is 5.12. The fourth-order valence-electron chi connectivity index (χ4n) is 12.2. The number of hydrogen-bond donors (Lipinski definition) is 3. The molecular formula is C79H154O17P2. The van der Waals surface area contributed by atoms with Crippen LogP contribution < -0.4 is 0 Å². The average molecular weight is 1440 g/mol. The summed E-state index contributed by atoms with van der Waals surface area (Å²) in [6.07, 6.45) is 60.2. The number of phosphoric ester groups is 2. The zero-order valence-corrected chi connectivity index (χ0v) is 65.9. The van der Waals surface area contributed by atoms with Gasteiger partial charge < -0.3 is 33.8 Å². The number of ether oxygens (including phenoxy) is 4. The second-order valence-electron chi connectivity index (χ2n) is 29.2. The molecule has 0 spiro atoms. The minimum atomic E-state index is -4.96. The number of esters is 4. The highest BCUT2D eigenvalue weighted by Crippen LogP contribution is 2.45. The van der Waals surface area contributed by atoms with Crippen molar-refractivity contribution >= 4 is 39.5 Å². The number of carbonyl (C=O) groups excluding carboxylic acids is 4. The lowest BCUT2D eigenvalue weighted by Gasteiger charge is -2.21. The van der Waals surface area contributed by atoms with Gasteiger partial charge in [0, 0.05) is 25.7 Å². The van der Waals surface area contributed by atoms with Crippen LogP contribution in [0.1, 0.15) is 414 Å². The molecule has 0 radical (unpaired) electrons. The van der Waals surface area contributed by atoms with Crippen LogP contribution in [0.25, 0.3) is 0 Å². The molecule has 0 saturated carbocycles. The lowest BCUT2D eigenvalue weighted by molar-refractivity contribution is -0.161. The van der Waals surface area contributed by atoms with Crippen molar-refractivity contribution in [2.45, 2.75) is 432 Å². The van der Waals surface area contributed by atoms with Gasteiger partial charge in [-0.1, -0.05) is 363 Å². The van der Waals surface area contributed by atoms with Crippen LogP contribution in [0.2, 0.25) is 0 Å². The van der Waals surface area contributed by atoms with E-state index in [1.165, 1.54) is 225 Å². The smallest absolute Gasteiger partial charge is 0.462 e. The van der Waals surface area contributed by atoms with Gasteiger partial charge in [-0.05, 0) is 37.5 Å². The Bertz CT molecular complexity index is 1890. The van der Waals surface area contributed by atoms with Crippen molar-refractivity contribution in [1.82, 2.24) is 0 Å². The van der Waals surface area contributed by atoms with Crippen LogP contribution in [0.5, 0.6) is 0 Å². The van der Waals surface area contributed by atoms with Crippen molar-refractivity contribution < 1.29 is 80.2 Å². The number of unbranched alkanes of at least 4 members (excludes halogenated alkanes) is 47. The molecule has 98 heavy (non-hydrogen) atoms. The quantitative estimate of drug-likeness (QED) is 0.0222. The third-order valence-electron chi connectivity index (χ3n) is 18.8. The van der Waals surface area contributed by atoms with Gasteiger partial charge in [-0.25, -0.2) is 9.13 Å². The van der Waals surface area contributed by atoms with Gasteiger partial charge in [0.1, 0.15) is 19.3 Å². The summed E-state index contributed by atoms with van der Waals surface area (Å²) < 4.78 is 68.4. The molecule has 0 rings (SSSR count). The largest absolute Gasteiger partial charge is 0.472 e. The molecule has 0 amide bonds. The Morgan fingerprint density at radius 3 is 0.776 bits per heavy atom. The highest BCUT2D eigenvalue weighted by molar-refractivity contribution is 7.47. The van der Waals surface area contributed by atoms with Gasteiger partial charge >= 0.3 is 39.5 Å². The van der Waals surface area contributed by atoms with Crippen LogP contribution in [-0.4, -0.2) is 96.7 Å². The van der Waals surface area contributed by atoms with E-state index in [0.29, 0.717) is 25.7 Å². The lowest BCUT2D eigenvalue weighted by Crippen LogP contribution is -2.30. The molecule has 3 unspecified atom stereocenters. The SMILES string of the molecule is CCCCCCCCCCCCCCCCCCCCCCCCC(=O)O[C@H](COC(=O)CCCCCCCCCCCCCCCCC(C)CC)COP(=O)(O)OC[C@@H](O)COP(=O)(O)OC[C@@H](COC(=O)CCCCCCC)OC(=O)CCCCCCCCCCCCC(C)C. The Morgan fingerprint density at radius 2 is 0.520 bits per heavy atom. The van der Waals surface area contributed by atoms with Gasteiger partial charge in [0.05, 0.1) is 26.4 Å². The molecule has 17 nitrogen and oxygen atoms in total. The number of carbonyl (C=O) groups is 4. The van der Waals surface area contributed by atoms with Gasteiger partial charge in [-0.3, -0.25) is 37.3 Å². The van der Waals surface area contributed by atoms with Crippen molar-refractivity contribution in [1.29, 1.82) is 0 Å². The van der Waals surface area contributed by atoms with Crippen molar-refractivity contribution in [3.05, 3.63) is 0 Å². The summed E-state index contributed by atoms with van der Waals surface area (Å²) in [7, 11) is -9.90. The summed E-state index contributed by atoms with van der Waals surface area (Å²) in [4.78, 5) is 72.6. The van der Waals surface area contributed by atoms with Crippen LogP contribution in [0.4, 0.5) is 0 Å². The molecule has 0 aliphatic rings. The Labute approximate surface area is 600 Å². The maximum absolute atomic E-state index is 13.1. The molecule has 0 aliphatic heterocycles. The topological polar surface area (TPSA) is 237 Å². The average Bonchev–Trinajstić information content (AvgIpc) is 1.02. The first kappa shape index (κ1) is 96.1. The van der Waals surface area contributed by atoms with Crippen molar-refractivity contribution in [2.75, 3.05) is 39.6 Å². The molecule has 0 bridgehead atoms. The predicted molar refractivity (Wildman–Crippen MR) is 400 cm³/mol. The van der Waals surface area contributed by atoms with E-state index in [1.807, 2.05) is 0 Å². The van der Waals surface area contributed by atoms with Crippen LogP contribution in [0.15, 0.2) is 0 Å². The highest BCUT2D eigenvalue weighted by atomic mass is 31.2. The fraction of sp³-hybridized carbons (Fsp3) is 0.949. The third-order valence-corrected chi connectivity index (χ3v) is 20.7. The molecule has 0 saturated heterocycles. The van der Waals surface area contributed by atoms with Crippen molar-refractivity contribution in [3.63, 3.8) is 0 Å². The maximum Gasteiger partial charge on any atom is 0.472 e. The predicted octanol–water partition coefficient (Wildman–Crippen LogP) is 23.5. The highest BCUT2D eigenvalue weighted by Gasteiger charge is 2.30. The zero-order valence-electron chi connectivity index (χ0n) is 64.1. The Hall–Kier alpha value is -1.94. The molecule has 0 fully saturated rings. The summed E-state index contributed by atoms with van der Waals surface area (Å²) >= 11 is 0. The van der Waals surface area contributed by atoms with E-state index in [1.54, 1.807) is 0 Å². The standard InChI is InChI=1S/C79H154O17P2/c1-7-10-12-14-15-16-17-18-19-20-21-22-23-24-25-26-31-34-40-45-51-57-63-79(84)96-75(68-90-77(82)62-56-50-44-39-33-30-28-27-29-32-38-43-49-54-60-72(6)9-3)70-94-98(87,88)92-66-73(80)65-91-97(85,86)93-69-74(67-89-76(81)61-55-47-13-11-8-2)95-78(83)64-58-52-46-41-36-35-37-42-48-53-59-71(4)5/h71-75,80H,7-70H2,1-6H3,(H,85,86)(H,87,88)/t72?,73-,74+,75+/m0/s1. The minimum absolute atomic E-state index is 0.105. The number of aliphatic hydroxyl groups is 1. The van der Waals surface area contributed by atoms with Gasteiger partial charge in [0.2, 0.25) is 0 Å². The Morgan fingerprint density at radius 1 is 0.296 bits per heavy atom. The summed E-state index contributed by atoms with van der Waals surface area (Å²) in [5.74, 6) is -0.523. The summed E-state index contributed by atoms with van der Waals surface area (Å²) in [6.45, 7) is 9.56. The van der Waals surface area contributed by atoms with Crippen molar-refractivity contribution in [2.24, 2.45) is 11.8 Å². The van der Waals surface area contributed by atoms with E-state index >= 15 is 0 Å². The fourth-order valence-corrected chi connectivity index (χ4v) is 13.7. The monoisotopic (exact) mass is 1440 g/mol. The number of rotatable bonds is 78. The van der Waals surface area contributed by atoms with Gasteiger partial charge in [-0.2, -0.15) is 0 Å². The summed E-state index contributed by atoms with van der Waals surface area (Å²) in [5, 5.41) is 10.6. The van der Waals surface area contributed by atoms with E-state index in [4.69, 9.17) is 37.0 Å². The number of hydrogen-bond acceptors (Lipinski definition) is 15. The van der Waals surface area contributed by atoms with Gasteiger partial charge in [-0.15, -0.1) is 0 Å². The van der Waals surface area contributed by atoms with E-state index in [0.717, 1.165) is 108 Å². The lowest BCUT2D eigenvalue weighted by atomic mass is 9.99.